The van der Waals surface area contributed by atoms with E-state index in [0.29, 0.717) is 31.0 Å². The lowest BCUT2D eigenvalue weighted by Gasteiger charge is -2.07. The van der Waals surface area contributed by atoms with Crippen LogP contribution >= 0.6 is 0 Å². The van der Waals surface area contributed by atoms with Gasteiger partial charge in [-0.3, -0.25) is 4.99 Å². The Hall–Kier alpha value is -2.63. The first-order valence-electron chi connectivity index (χ1n) is 7.69. The van der Waals surface area contributed by atoms with Crippen LogP contribution in [0.5, 0.6) is 5.75 Å². The van der Waals surface area contributed by atoms with E-state index in [1.165, 1.54) is 12.1 Å². The second-order valence-electron chi connectivity index (χ2n) is 5.28. The minimum atomic E-state index is -0.584. The standard InChI is InChI=1S/C18H21F2N3O/c1-24-16-6-2-13(3-7-16)8-10-22-18(21)23-11-9-14-4-5-15(19)12-17(14)20/h2-7,12H,8-11H2,1H3,(H3,21,22,23). The third-order valence-corrected chi connectivity index (χ3v) is 3.56. The van der Waals surface area contributed by atoms with Gasteiger partial charge in [-0.1, -0.05) is 18.2 Å². The van der Waals surface area contributed by atoms with Crippen LogP contribution in [0.4, 0.5) is 8.78 Å². The zero-order valence-electron chi connectivity index (χ0n) is 13.6. The summed E-state index contributed by atoms with van der Waals surface area (Å²) in [4.78, 5) is 4.14. The van der Waals surface area contributed by atoms with Crippen molar-refractivity contribution in [3.8, 4) is 5.75 Å². The molecule has 2 aromatic carbocycles. The van der Waals surface area contributed by atoms with Gasteiger partial charge in [-0.15, -0.1) is 0 Å². The van der Waals surface area contributed by atoms with Gasteiger partial charge in [-0.2, -0.15) is 0 Å². The topological polar surface area (TPSA) is 59.6 Å². The van der Waals surface area contributed by atoms with E-state index in [0.717, 1.165) is 23.8 Å². The first-order valence-corrected chi connectivity index (χ1v) is 7.69. The number of methoxy groups -OCH3 is 1. The van der Waals surface area contributed by atoms with Crippen LogP contribution in [-0.2, 0) is 12.8 Å². The molecule has 0 radical (unpaired) electrons. The Labute approximate surface area is 140 Å². The summed E-state index contributed by atoms with van der Waals surface area (Å²) in [5.74, 6) is -0.0115. The van der Waals surface area contributed by atoms with Gasteiger partial charge in [0.05, 0.1) is 7.11 Å². The quantitative estimate of drug-likeness (QED) is 0.605. The van der Waals surface area contributed by atoms with Crippen LogP contribution in [0.2, 0.25) is 0 Å². The molecule has 0 fully saturated rings. The number of benzene rings is 2. The number of guanidine groups is 1. The van der Waals surface area contributed by atoms with Gasteiger partial charge in [-0.05, 0) is 42.2 Å². The SMILES string of the molecule is COc1ccc(CCNC(N)=NCCc2ccc(F)cc2F)cc1. The van der Waals surface area contributed by atoms with Gasteiger partial charge in [0.2, 0.25) is 0 Å². The van der Waals surface area contributed by atoms with Crippen LogP contribution in [-0.4, -0.2) is 26.2 Å². The summed E-state index contributed by atoms with van der Waals surface area (Å²) in [5.41, 5.74) is 7.35. The third kappa shape index (κ3) is 5.53. The number of nitrogens with one attached hydrogen (secondary N) is 1. The van der Waals surface area contributed by atoms with E-state index < -0.39 is 11.6 Å². The number of nitrogens with zero attached hydrogens (tertiary/aromatic N) is 1. The number of hydrogen-bond acceptors (Lipinski definition) is 2. The average molecular weight is 333 g/mol. The monoisotopic (exact) mass is 333 g/mol. The van der Waals surface area contributed by atoms with E-state index in [1.54, 1.807) is 7.11 Å². The molecular weight excluding hydrogens is 312 g/mol. The van der Waals surface area contributed by atoms with Crippen molar-refractivity contribution in [3.63, 3.8) is 0 Å². The molecule has 0 amide bonds. The van der Waals surface area contributed by atoms with Gasteiger partial charge in [0.1, 0.15) is 17.4 Å². The first-order chi connectivity index (χ1) is 11.6. The molecule has 128 valence electrons. The molecule has 6 heteroatoms. The lowest BCUT2D eigenvalue weighted by atomic mass is 10.1. The molecule has 0 unspecified atom stereocenters. The van der Waals surface area contributed by atoms with Crippen LogP contribution < -0.4 is 15.8 Å². The molecule has 0 aliphatic heterocycles. The summed E-state index contributed by atoms with van der Waals surface area (Å²) in [6.07, 6.45) is 1.17. The van der Waals surface area contributed by atoms with Crippen molar-refractivity contribution in [1.82, 2.24) is 5.32 Å². The second-order valence-corrected chi connectivity index (χ2v) is 5.28. The molecule has 0 saturated carbocycles. The summed E-state index contributed by atoms with van der Waals surface area (Å²) in [7, 11) is 1.63. The molecule has 0 spiro atoms. The minimum absolute atomic E-state index is 0.311. The number of ether oxygens (including phenoxy) is 1. The molecule has 24 heavy (non-hydrogen) atoms. The molecule has 4 nitrogen and oxygen atoms in total. The third-order valence-electron chi connectivity index (χ3n) is 3.56. The summed E-state index contributed by atoms with van der Waals surface area (Å²) < 4.78 is 31.4. The fraction of sp³-hybridized carbons (Fsp3) is 0.278. The lowest BCUT2D eigenvalue weighted by molar-refractivity contribution is 0.414. The van der Waals surface area contributed by atoms with E-state index in [2.05, 4.69) is 10.3 Å². The predicted octanol–water partition coefficient (Wildman–Crippen LogP) is 2.66. The fourth-order valence-electron chi connectivity index (χ4n) is 2.20. The molecule has 0 saturated heterocycles. The van der Waals surface area contributed by atoms with E-state index in [-0.39, 0.29) is 0 Å². The van der Waals surface area contributed by atoms with Gasteiger partial charge in [0, 0.05) is 19.2 Å². The number of aliphatic imine (C=N–C) groups is 1. The highest BCUT2D eigenvalue weighted by Gasteiger charge is 2.03. The van der Waals surface area contributed by atoms with Gasteiger partial charge in [-0.25, -0.2) is 8.78 Å². The van der Waals surface area contributed by atoms with Crippen molar-refractivity contribution in [2.45, 2.75) is 12.8 Å². The van der Waals surface area contributed by atoms with Crippen LogP contribution in [0, 0.1) is 11.6 Å². The van der Waals surface area contributed by atoms with Crippen molar-refractivity contribution in [1.29, 1.82) is 0 Å². The van der Waals surface area contributed by atoms with Crippen LogP contribution in [0.1, 0.15) is 11.1 Å². The number of nitrogens with two attached hydrogens (primary N) is 1. The maximum Gasteiger partial charge on any atom is 0.188 e. The molecule has 0 aliphatic carbocycles. The molecule has 0 aromatic heterocycles. The fourth-order valence-corrected chi connectivity index (χ4v) is 2.20. The predicted molar refractivity (Wildman–Crippen MR) is 91.3 cm³/mol. The van der Waals surface area contributed by atoms with Crippen molar-refractivity contribution < 1.29 is 13.5 Å². The summed E-state index contributed by atoms with van der Waals surface area (Å²) in [6.45, 7) is 0.983. The maximum absolute atomic E-state index is 13.5. The van der Waals surface area contributed by atoms with E-state index in [9.17, 15) is 8.78 Å². The zero-order chi connectivity index (χ0) is 17.4. The highest BCUT2D eigenvalue weighted by atomic mass is 19.1. The Morgan fingerprint density at radius 2 is 1.88 bits per heavy atom. The Balaban J connectivity index is 1.73. The van der Waals surface area contributed by atoms with E-state index >= 15 is 0 Å². The van der Waals surface area contributed by atoms with Crippen molar-refractivity contribution in [3.05, 3.63) is 65.2 Å². The summed E-state index contributed by atoms with van der Waals surface area (Å²) >= 11 is 0. The Kier molecular flexibility index (Phi) is 6.54. The molecule has 0 atom stereocenters. The summed E-state index contributed by atoms with van der Waals surface area (Å²) in [6, 6.07) is 11.3. The number of hydrogen-bond donors (Lipinski definition) is 2. The van der Waals surface area contributed by atoms with E-state index in [4.69, 9.17) is 10.5 Å². The van der Waals surface area contributed by atoms with Gasteiger partial charge in [0.25, 0.3) is 0 Å². The van der Waals surface area contributed by atoms with Gasteiger partial charge >= 0.3 is 0 Å². The first kappa shape index (κ1) is 17.7. The highest BCUT2D eigenvalue weighted by Crippen LogP contribution is 2.11. The molecule has 0 bridgehead atoms. The number of halogens is 2. The minimum Gasteiger partial charge on any atom is -0.497 e. The highest BCUT2D eigenvalue weighted by molar-refractivity contribution is 5.77. The smallest absolute Gasteiger partial charge is 0.188 e. The Bertz CT molecular complexity index is 687. The van der Waals surface area contributed by atoms with Crippen LogP contribution in [0.3, 0.4) is 0 Å². The average Bonchev–Trinajstić information content (AvgIpc) is 2.57. The van der Waals surface area contributed by atoms with Crippen molar-refractivity contribution in [2.75, 3.05) is 20.2 Å². The van der Waals surface area contributed by atoms with Crippen molar-refractivity contribution in [2.24, 2.45) is 10.7 Å². The Morgan fingerprint density at radius 1 is 1.12 bits per heavy atom. The normalized spacial score (nSPS) is 11.4. The Morgan fingerprint density at radius 3 is 2.54 bits per heavy atom. The molecule has 0 heterocycles. The molecule has 2 rings (SSSR count). The van der Waals surface area contributed by atoms with Crippen LogP contribution in [0.15, 0.2) is 47.5 Å². The second kappa shape index (κ2) is 8.86. The van der Waals surface area contributed by atoms with Crippen LogP contribution in [0.25, 0.3) is 0 Å². The summed E-state index contributed by atoms with van der Waals surface area (Å²) in [5, 5.41) is 3.01. The zero-order valence-corrected chi connectivity index (χ0v) is 13.6. The molecule has 2 aromatic rings. The largest absolute Gasteiger partial charge is 0.497 e. The molecule has 0 aliphatic rings. The number of rotatable bonds is 7. The van der Waals surface area contributed by atoms with Crippen molar-refractivity contribution >= 4 is 5.96 Å². The lowest BCUT2D eigenvalue weighted by Crippen LogP contribution is -2.33. The maximum atomic E-state index is 13.5. The van der Waals surface area contributed by atoms with Gasteiger partial charge < -0.3 is 15.8 Å². The molecule has 3 N–H and O–H groups in total. The molecular formula is C18H21F2N3O. The van der Waals surface area contributed by atoms with Gasteiger partial charge in [0.15, 0.2) is 5.96 Å². The van der Waals surface area contributed by atoms with E-state index in [1.807, 2.05) is 24.3 Å².